The van der Waals surface area contributed by atoms with Crippen LogP contribution in [0, 0.1) is 0 Å². The summed E-state index contributed by atoms with van der Waals surface area (Å²) < 4.78 is 27.3. The van der Waals surface area contributed by atoms with Gasteiger partial charge in [-0.25, -0.2) is 8.42 Å². The lowest BCUT2D eigenvalue weighted by Crippen LogP contribution is -2.14. The SMILES string of the molecule is CCCCCCCCCC(=O)Nc1ccc(S(=O)(=O)Nc2ccc(N)cc2O)cc1. The van der Waals surface area contributed by atoms with Crippen LogP contribution >= 0.6 is 0 Å². The van der Waals surface area contributed by atoms with Gasteiger partial charge in [-0.1, -0.05) is 45.4 Å². The Kier molecular flexibility index (Phi) is 8.98. The first-order valence-corrected chi connectivity index (χ1v) is 11.8. The highest BCUT2D eigenvalue weighted by Crippen LogP contribution is 2.28. The Labute approximate surface area is 178 Å². The van der Waals surface area contributed by atoms with E-state index in [2.05, 4.69) is 17.0 Å². The molecule has 0 aliphatic carbocycles. The topological polar surface area (TPSA) is 122 Å². The van der Waals surface area contributed by atoms with Crippen LogP contribution in [0.4, 0.5) is 17.1 Å². The fraction of sp³-hybridized carbons (Fsp3) is 0.409. The van der Waals surface area contributed by atoms with Crippen molar-refractivity contribution in [3.8, 4) is 5.75 Å². The number of aromatic hydroxyl groups is 1. The standard InChI is InChI=1S/C22H31N3O4S/c1-2-3-4-5-6-7-8-9-22(27)24-18-11-13-19(14-12-18)30(28,29)25-20-15-10-17(23)16-21(20)26/h10-16,25-26H,2-9,23H2,1H3,(H,24,27). The van der Waals surface area contributed by atoms with Gasteiger partial charge in [0.05, 0.1) is 10.6 Å². The molecule has 0 saturated carbocycles. The molecule has 0 saturated heterocycles. The molecule has 0 atom stereocenters. The third-order valence-electron chi connectivity index (χ3n) is 4.72. The zero-order valence-corrected chi connectivity index (χ0v) is 18.2. The molecule has 8 heteroatoms. The molecule has 0 heterocycles. The lowest BCUT2D eigenvalue weighted by Gasteiger charge is -2.11. The van der Waals surface area contributed by atoms with Gasteiger partial charge in [0, 0.05) is 23.9 Å². The monoisotopic (exact) mass is 433 g/mol. The Morgan fingerprint density at radius 1 is 0.967 bits per heavy atom. The Morgan fingerprint density at radius 3 is 2.23 bits per heavy atom. The summed E-state index contributed by atoms with van der Waals surface area (Å²) in [6, 6.07) is 10.0. The molecule has 164 valence electrons. The molecule has 1 amide bonds. The molecule has 0 spiro atoms. The minimum Gasteiger partial charge on any atom is -0.506 e. The van der Waals surface area contributed by atoms with Gasteiger partial charge in [-0.05, 0) is 42.8 Å². The molecule has 2 rings (SSSR count). The number of sulfonamides is 1. The summed E-state index contributed by atoms with van der Waals surface area (Å²) in [4.78, 5) is 12.1. The summed E-state index contributed by atoms with van der Waals surface area (Å²) in [5.74, 6) is -0.336. The maximum absolute atomic E-state index is 12.5. The van der Waals surface area contributed by atoms with Crippen LogP contribution < -0.4 is 15.8 Å². The highest BCUT2D eigenvalue weighted by molar-refractivity contribution is 7.92. The lowest BCUT2D eigenvalue weighted by molar-refractivity contribution is -0.116. The number of nitrogens with one attached hydrogen (secondary N) is 2. The van der Waals surface area contributed by atoms with E-state index in [0.29, 0.717) is 17.8 Å². The number of nitrogen functional groups attached to an aromatic ring is 1. The van der Waals surface area contributed by atoms with Crippen molar-refractivity contribution in [1.29, 1.82) is 0 Å². The van der Waals surface area contributed by atoms with Crippen molar-refractivity contribution >= 4 is 33.0 Å². The number of nitrogens with two attached hydrogens (primary N) is 1. The summed E-state index contributed by atoms with van der Waals surface area (Å²) >= 11 is 0. The van der Waals surface area contributed by atoms with Crippen LogP contribution in [-0.2, 0) is 14.8 Å². The zero-order chi connectivity index (χ0) is 22.0. The first-order chi connectivity index (χ1) is 14.3. The van der Waals surface area contributed by atoms with E-state index in [4.69, 9.17) is 5.73 Å². The molecule has 0 radical (unpaired) electrons. The van der Waals surface area contributed by atoms with Crippen molar-refractivity contribution in [3.05, 3.63) is 42.5 Å². The Bertz CT molecular complexity index is 928. The number of hydrogen-bond donors (Lipinski definition) is 4. The molecule has 0 unspecified atom stereocenters. The molecule has 5 N–H and O–H groups in total. The zero-order valence-electron chi connectivity index (χ0n) is 17.4. The summed E-state index contributed by atoms with van der Waals surface area (Å²) in [6.07, 6.45) is 8.45. The third kappa shape index (κ3) is 7.59. The summed E-state index contributed by atoms with van der Waals surface area (Å²) in [5, 5.41) is 12.6. The minimum absolute atomic E-state index is 0.0174. The molecule has 7 nitrogen and oxygen atoms in total. The number of hydrogen-bond acceptors (Lipinski definition) is 5. The van der Waals surface area contributed by atoms with Gasteiger partial charge < -0.3 is 16.2 Å². The molecule has 0 fully saturated rings. The second-order valence-electron chi connectivity index (χ2n) is 7.33. The number of anilines is 3. The third-order valence-corrected chi connectivity index (χ3v) is 6.10. The number of benzene rings is 2. The van der Waals surface area contributed by atoms with Gasteiger partial charge in [-0.15, -0.1) is 0 Å². The number of phenolic OH excluding ortho intramolecular Hbond substituents is 1. The number of phenols is 1. The molecule has 0 bridgehead atoms. The van der Waals surface area contributed by atoms with Crippen LogP contribution in [0.1, 0.15) is 58.3 Å². The van der Waals surface area contributed by atoms with Crippen molar-refractivity contribution < 1.29 is 18.3 Å². The fourth-order valence-electron chi connectivity index (χ4n) is 3.02. The smallest absolute Gasteiger partial charge is 0.262 e. The lowest BCUT2D eigenvalue weighted by atomic mass is 10.1. The Hall–Kier alpha value is -2.74. The van der Waals surface area contributed by atoms with Crippen molar-refractivity contribution in [2.24, 2.45) is 0 Å². The predicted molar refractivity (Wildman–Crippen MR) is 121 cm³/mol. The van der Waals surface area contributed by atoms with Gasteiger partial charge in [-0.2, -0.15) is 0 Å². The highest BCUT2D eigenvalue weighted by Gasteiger charge is 2.16. The van der Waals surface area contributed by atoms with Gasteiger partial charge in [0.15, 0.2) is 0 Å². The summed E-state index contributed by atoms with van der Waals surface area (Å²) in [7, 11) is -3.88. The number of unbranched alkanes of at least 4 members (excludes halogenated alkanes) is 6. The number of carbonyl (C=O) groups is 1. The van der Waals surface area contributed by atoms with Crippen molar-refractivity contribution in [3.63, 3.8) is 0 Å². The van der Waals surface area contributed by atoms with Crippen LogP contribution in [0.5, 0.6) is 5.75 Å². The van der Waals surface area contributed by atoms with E-state index < -0.39 is 10.0 Å². The number of amides is 1. The van der Waals surface area contributed by atoms with Crippen LogP contribution in [-0.4, -0.2) is 19.4 Å². The average Bonchev–Trinajstić information content (AvgIpc) is 2.70. The van der Waals surface area contributed by atoms with Crippen LogP contribution in [0.2, 0.25) is 0 Å². The Balaban J connectivity index is 1.84. The highest BCUT2D eigenvalue weighted by atomic mass is 32.2. The van der Waals surface area contributed by atoms with Gasteiger partial charge in [0.25, 0.3) is 10.0 Å². The van der Waals surface area contributed by atoms with Crippen molar-refractivity contribution in [2.45, 2.75) is 63.2 Å². The predicted octanol–water partition coefficient (Wildman–Crippen LogP) is 4.85. The van der Waals surface area contributed by atoms with Gasteiger partial charge in [0.2, 0.25) is 5.91 Å². The van der Waals surface area contributed by atoms with Gasteiger partial charge >= 0.3 is 0 Å². The summed E-state index contributed by atoms with van der Waals surface area (Å²) in [5.41, 5.74) is 6.45. The van der Waals surface area contributed by atoms with Gasteiger partial charge in [-0.3, -0.25) is 9.52 Å². The second-order valence-corrected chi connectivity index (χ2v) is 9.01. The molecular formula is C22H31N3O4S. The Morgan fingerprint density at radius 2 is 1.60 bits per heavy atom. The van der Waals surface area contributed by atoms with E-state index in [-0.39, 0.29) is 22.2 Å². The molecule has 0 aliphatic heterocycles. The van der Waals surface area contributed by atoms with E-state index >= 15 is 0 Å². The molecule has 2 aromatic carbocycles. The quantitative estimate of drug-likeness (QED) is 0.216. The van der Waals surface area contributed by atoms with Crippen molar-refractivity contribution in [1.82, 2.24) is 0 Å². The van der Waals surface area contributed by atoms with Crippen LogP contribution in [0.25, 0.3) is 0 Å². The van der Waals surface area contributed by atoms with E-state index in [9.17, 15) is 18.3 Å². The van der Waals surface area contributed by atoms with E-state index in [1.54, 1.807) is 12.1 Å². The molecule has 0 aliphatic rings. The second kappa shape index (κ2) is 11.4. The molecule has 30 heavy (non-hydrogen) atoms. The van der Waals surface area contributed by atoms with Gasteiger partial charge in [0.1, 0.15) is 5.75 Å². The van der Waals surface area contributed by atoms with E-state index in [1.165, 1.54) is 56.0 Å². The minimum atomic E-state index is -3.88. The van der Waals surface area contributed by atoms with E-state index in [1.807, 2.05) is 0 Å². The first-order valence-electron chi connectivity index (χ1n) is 10.3. The largest absolute Gasteiger partial charge is 0.506 e. The normalized spacial score (nSPS) is 11.2. The number of rotatable bonds is 12. The number of carbonyl (C=O) groups excluding carboxylic acids is 1. The average molecular weight is 434 g/mol. The maximum atomic E-state index is 12.5. The summed E-state index contributed by atoms with van der Waals surface area (Å²) in [6.45, 7) is 2.19. The first kappa shape index (κ1) is 23.5. The van der Waals surface area contributed by atoms with Crippen LogP contribution in [0.3, 0.4) is 0 Å². The van der Waals surface area contributed by atoms with E-state index in [0.717, 1.165) is 19.3 Å². The molecular weight excluding hydrogens is 402 g/mol. The van der Waals surface area contributed by atoms with Crippen molar-refractivity contribution in [2.75, 3.05) is 15.8 Å². The molecule has 0 aromatic heterocycles. The van der Waals surface area contributed by atoms with Crippen LogP contribution in [0.15, 0.2) is 47.4 Å². The fourth-order valence-corrected chi connectivity index (χ4v) is 4.10. The maximum Gasteiger partial charge on any atom is 0.262 e. The molecule has 2 aromatic rings.